The number of amides is 1. The molecule has 0 aliphatic rings. The van der Waals surface area contributed by atoms with Gasteiger partial charge in [0.2, 0.25) is 0 Å². The Morgan fingerprint density at radius 2 is 1.77 bits per heavy atom. The lowest BCUT2D eigenvalue weighted by atomic mass is 10.1. The van der Waals surface area contributed by atoms with E-state index >= 15 is 0 Å². The van der Waals surface area contributed by atoms with Gasteiger partial charge in [-0.05, 0) is 42.8 Å². The Bertz CT molecular complexity index is 656. The predicted octanol–water partition coefficient (Wildman–Crippen LogP) is 3.64. The Morgan fingerprint density at radius 1 is 1.09 bits per heavy atom. The lowest BCUT2D eigenvalue weighted by Crippen LogP contribution is -2.26. The summed E-state index contributed by atoms with van der Waals surface area (Å²) in [5, 5.41) is 0. The summed E-state index contributed by atoms with van der Waals surface area (Å²) in [7, 11) is 1.61. The van der Waals surface area contributed by atoms with E-state index < -0.39 is 11.6 Å². The smallest absolute Gasteiger partial charge is 0.254 e. The average Bonchev–Trinajstić information content (AvgIpc) is 2.51. The van der Waals surface area contributed by atoms with E-state index in [-0.39, 0.29) is 11.5 Å². The minimum absolute atomic E-state index is 0.118. The SMILES string of the molecule is CCOc1ccc(CN(C)C(=O)c2ccc(F)c(F)c2)cc1. The van der Waals surface area contributed by atoms with E-state index in [1.165, 1.54) is 11.0 Å². The summed E-state index contributed by atoms with van der Waals surface area (Å²) >= 11 is 0. The Morgan fingerprint density at radius 3 is 2.36 bits per heavy atom. The van der Waals surface area contributed by atoms with Gasteiger partial charge in [-0.3, -0.25) is 4.79 Å². The maximum Gasteiger partial charge on any atom is 0.254 e. The summed E-state index contributed by atoms with van der Waals surface area (Å²) in [5.74, 6) is -1.60. The number of benzene rings is 2. The van der Waals surface area contributed by atoms with Crippen molar-refractivity contribution in [2.45, 2.75) is 13.5 Å². The third-order valence-corrected chi connectivity index (χ3v) is 3.17. The highest BCUT2D eigenvalue weighted by Crippen LogP contribution is 2.15. The van der Waals surface area contributed by atoms with Crippen molar-refractivity contribution in [2.75, 3.05) is 13.7 Å². The summed E-state index contributed by atoms with van der Waals surface area (Å²) in [6, 6.07) is 10.5. The van der Waals surface area contributed by atoms with Crippen LogP contribution >= 0.6 is 0 Å². The van der Waals surface area contributed by atoms with Crippen molar-refractivity contribution in [2.24, 2.45) is 0 Å². The molecule has 1 amide bonds. The zero-order chi connectivity index (χ0) is 16.1. The molecule has 0 aliphatic carbocycles. The van der Waals surface area contributed by atoms with Crippen molar-refractivity contribution in [3.8, 4) is 5.75 Å². The Labute approximate surface area is 128 Å². The van der Waals surface area contributed by atoms with Crippen LogP contribution in [0.2, 0.25) is 0 Å². The summed E-state index contributed by atoms with van der Waals surface area (Å²) < 4.78 is 31.4. The molecule has 0 aliphatic heterocycles. The molecule has 0 saturated carbocycles. The molecule has 0 spiro atoms. The maximum absolute atomic E-state index is 13.2. The van der Waals surface area contributed by atoms with Crippen LogP contribution in [0.1, 0.15) is 22.8 Å². The molecule has 2 aromatic rings. The topological polar surface area (TPSA) is 29.5 Å². The lowest BCUT2D eigenvalue weighted by Gasteiger charge is -2.17. The van der Waals surface area contributed by atoms with Crippen LogP contribution in [0.3, 0.4) is 0 Å². The third-order valence-electron chi connectivity index (χ3n) is 3.17. The number of ether oxygens (including phenoxy) is 1. The number of hydrogen-bond acceptors (Lipinski definition) is 2. The van der Waals surface area contributed by atoms with Gasteiger partial charge in [-0.1, -0.05) is 12.1 Å². The molecule has 0 N–H and O–H groups in total. The second kappa shape index (κ2) is 7.02. The minimum atomic E-state index is -1.03. The van der Waals surface area contributed by atoms with E-state index in [0.29, 0.717) is 13.2 Å². The number of nitrogens with zero attached hydrogens (tertiary/aromatic N) is 1. The van der Waals surface area contributed by atoms with Gasteiger partial charge < -0.3 is 9.64 Å². The van der Waals surface area contributed by atoms with E-state index in [9.17, 15) is 13.6 Å². The Kier molecular flexibility index (Phi) is 5.09. The van der Waals surface area contributed by atoms with E-state index in [1.807, 2.05) is 31.2 Å². The van der Waals surface area contributed by atoms with Gasteiger partial charge in [0.1, 0.15) is 5.75 Å². The summed E-state index contributed by atoms with van der Waals surface area (Å²) in [5.41, 5.74) is 1.04. The van der Waals surface area contributed by atoms with Gasteiger partial charge in [-0.25, -0.2) is 8.78 Å². The molecule has 0 fully saturated rings. The quantitative estimate of drug-likeness (QED) is 0.844. The van der Waals surface area contributed by atoms with Gasteiger partial charge >= 0.3 is 0 Å². The van der Waals surface area contributed by atoms with Crippen molar-refractivity contribution in [3.05, 3.63) is 65.2 Å². The fourth-order valence-corrected chi connectivity index (χ4v) is 2.05. The Balaban J connectivity index is 2.05. The van der Waals surface area contributed by atoms with Crippen LogP contribution in [0.5, 0.6) is 5.75 Å². The van der Waals surface area contributed by atoms with Crippen LogP contribution in [0.4, 0.5) is 8.78 Å². The molecule has 0 unspecified atom stereocenters. The summed E-state index contributed by atoms with van der Waals surface area (Å²) in [6.45, 7) is 2.86. The van der Waals surface area contributed by atoms with Gasteiger partial charge in [-0.2, -0.15) is 0 Å². The highest BCUT2D eigenvalue weighted by atomic mass is 19.2. The number of rotatable bonds is 5. The molecule has 0 atom stereocenters. The van der Waals surface area contributed by atoms with Crippen LogP contribution in [0, 0.1) is 11.6 Å². The van der Waals surface area contributed by atoms with E-state index in [0.717, 1.165) is 23.4 Å². The number of carbonyl (C=O) groups is 1. The molecule has 22 heavy (non-hydrogen) atoms. The van der Waals surface area contributed by atoms with Gasteiger partial charge in [0.05, 0.1) is 6.61 Å². The fourth-order valence-electron chi connectivity index (χ4n) is 2.05. The number of hydrogen-bond donors (Lipinski definition) is 0. The highest BCUT2D eigenvalue weighted by Gasteiger charge is 2.14. The molecule has 0 saturated heterocycles. The molecule has 5 heteroatoms. The molecule has 0 aromatic heterocycles. The van der Waals surface area contributed by atoms with Crippen molar-refractivity contribution < 1.29 is 18.3 Å². The molecule has 0 heterocycles. The lowest BCUT2D eigenvalue weighted by molar-refractivity contribution is 0.0784. The molecule has 116 valence electrons. The zero-order valence-corrected chi connectivity index (χ0v) is 12.5. The first-order valence-corrected chi connectivity index (χ1v) is 6.93. The van der Waals surface area contributed by atoms with Crippen LogP contribution < -0.4 is 4.74 Å². The second-order valence-electron chi connectivity index (χ2n) is 4.87. The van der Waals surface area contributed by atoms with Crippen LogP contribution in [0.25, 0.3) is 0 Å². The van der Waals surface area contributed by atoms with Crippen LogP contribution in [-0.4, -0.2) is 24.5 Å². The van der Waals surface area contributed by atoms with E-state index in [4.69, 9.17) is 4.74 Å². The summed E-state index contributed by atoms with van der Waals surface area (Å²) in [4.78, 5) is 13.6. The normalized spacial score (nSPS) is 10.4. The van der Waals surface area contributed by atoms with Gasteiger partial charge in [0.25, 0.3) is 5.91 Å². The highest BCUT2D eigenvalue weighted by molar-refractivity contribution is 5.94. The molecule has 0 bridgehead atoms. The molecule has 2 aromatic carbocycles. The zero-order valence-electron chi connectivity index (χ0n) is 12.5. The molecule has 3 nitrogen and oxygen atoms in total. The second-order valence-corrected chi connectivity index (χ2v) is 4.87. The first-order chi connectivity index (χ1) is 10.5. The minimum Gasteiger partial charge on any atom is -0.494 e. The molecule has 0 radical (unpaired) electrons. The van der Waals surface area contributed by atoms with E-state index in [1.54, 1.807) is 7.05 Å². The first-order valence-electron chi connectivity index (χ1n) is 6.93. The molecule has 2 rings (SSSR count). The molecular weight excluding hydrogens is 288 g/mol. The number of carbonyl (C=O) groups excluding carboxylic acids is 1. The number of halogens is 2. The average molecular weight is 305 g/mol. The standard InChI is InChI=1S/C17H17F2NO2/c1-3-22-14-7-4-12(5-8-14)11-20(2)17(21)13-6-9-15(18)16(19)10-13/h4-10H,3,11H2,1-2H3. The monoisotopic (exact) mass is 305 g/mol. The van der Waals surface area contributed by atoms with E-state index in [2.05, 4.69) is 0 Å². The molecular formula is C17H17F2NO2. The van der Waals surface area contributed by atoms with Gasteiger partial charge in [0.15, 0.2) is 11.6 Å². The van der Waals surface area contributed by atoms with Crippen LogP contribution in [-0.2, 0) is 6.54 Å². The van der Waals surface area contributed by atoms with Gasteiger partial charge in [-0.15, -0.1) is 0 Å². The van der Waals surface area contributed by atoms with Gasteiger partial charge in [0, 0.05) is 19.2 Å². The Hall–Kier alpha value is -2.43. The third kappa shape index (κ3) is 3.81. The maximum atomic E-state index is 13.2. The summed E-state index contributed by atoms with van der Waals surface area (Å²) in [6.07, 6.45) is 0. The fraction of sp³-hybridized carbons (Fsp3) is 0.235. The van der Waals surface area contributed by atoms with Crippen molar-refractivity contribution in [1.29, 1.82) is 0 Å². The van der Waals surface area contributed by atoms with Crippen molar-refractivity contribution in [1.82, 2.24) is 4.90 Å². The largest absolute Gasteiger partial charge is 0.494 e. The van der Waals surface area contributed by atoms with Crippen molar-refractivity contribution >= 4 is 5.91 Å². The van der Waals surface area contributed by atoms with Crippen molar-refractivity contribution in [3.63, 3.8) is 0 Å². The van der Waals surface area contributed by atoms with Crippen LogP contribution in [0.15, 0.2) is 42.5 Å². The predicted molar refractivity (Wildman–Crippen MR) is 79.8 cm³/mol. The first kappa shape index (κ1) is 15.9.